The molecule has 3 aliphatic rings. The highest BCUT2D eigenvalue weighted by Crippen LogP contribution is 2.65. The van der Waals surface area contributed by atoms with Crippen molar-refractivity contribution in [1.82, 2.24) is 20.3 Å². The molecule has 9 heteroatoms. The minimum Gasteiger partial charge on any atom is -0.437 e. The normalized spacial score (nSPS) is 20.8. The van der Waals surface area contributed by atoms with Crippen LogP contribution in [0.4, 0.5) is 16.0 Å². The Balaban J connectivity index is 1.19. The zero-order valence-electron chi connectivity index (χ0n) is 23.0. The van der Waals surface area contributed by atoms with Gasteiger partial charge in [-0.15, -0.1) is 0 Å². The van der Waals surface area contributed by atoms with Gasteiger partial charge < -0.3 is 20.7 Å². The number of hydrogen-bond acceptors (Lipinski definition) is 7. The van der Waals surface area contributed by atoms with E-state index in [2.05, 4.69) is 25.9 Å². The first-order chi connectivity index (χ1) is 20.0. The molecule has 7 rings (SSSR count). The summed E-state index contributed by atoms with van der Waals surface area (Å²) in [6.45, 7) is 3.85. The fourth-order valence-electron chi connectivity index (χ4n) is 6.33. The van der Waals surface area contributed by atoms with Crippen molar-refractivity contribution < 1.29 is 13.9 Å². The molecular formula is C32H33FN6O2. The number of ether oxygens (including phenoxy) is 1. The average molecular weight is 553 g/mol. The second-order valence-corrected chi connectivity index (χ2v) is 11.6. The van der Waals surface area contributed by atoms with E-state index in [-0.39, 0.29) is 29.0 Å². The smallest absolute Gasteiger partial charge is 0.228 e. The second-order valence-electron chi connectivity index (χ2n) is 11.6. The predicted octanol–water partition coefficient (Wildman–Crippen LogP) is 6.22. The van der Waals surface area contributed by atoms with E-state index in [1.165, 1.54) is 12.5 Å². The quantitative estimate of drug-likeness (QED) is 0.250. The van der Waals surface area contributed by atoms with Crippen LogP contribution in [0.3, 0.4) is 0 Å². The number of rotatable bonds is 7. The second kappa shape index (κ2) is 10.4. The average Bonchev–Trinajstić information content (AvgIpc) is 3.75. The van der Waals surface area contributed by atoms with Crippen molar-refractivity contribution in [2.75, 3.05) is 23.7 Å². The van der Waals surface area contributed by atoms with Gasteiger partial charge in [0.15, 0.2) is 0 Å². The molecule has 8 nitrogen and oxygen atoms in total. The largest absolute Gasteiger partial charge is 0.437 e. The standard InChI is InChI=1S/C32H33FN6O2/c1-19-7-8-21-22(9-10-25(33)27(21)39-29(40)24-17-32(24)12-4-13-32)28(19)41-30-23(6-3-15-35-30)26-11-16-36-31(38-26)37-20-5-2-14-34-18-20/h3,6-11,15-16,20,24,34H,2,4-5,12-14,17-18H2,1H3,(H,39,40)(H,36,37,38)/t20-,24-/m0/s1. The molecule has 4 aromatic rings. The van der Waals surface area contributed by atoms with Gasteiger partial charge in [0.1, 0.15) is 11.6 Å². The van der Waals surface area contributed by atoms with Crippen molar-refractivity contribution in [3.63, 3.8) is 0 Å². The molecule has 1 amide bonds. The van der Waals surface area contributed by atoms with Crippen LogP contribution in [0.15, 0.2) is 54.9 Å². The highest BCUT2D eigenvalue weighted by molar-refractivity contribution is 6.06. The van der Waals surface area contributed by atoms with Gasteiger partial charge in [0.25, 0.3) is 0 Å². The van der Waals surface area contributed by atoms with Crippen LogP contribution in [0, 0.1) is 24.1 Å². The van der Waals surface area contributed by atoms with Crippen LogP contribution in [-0.4, -0.2) is 40.0 Å². The number of aryl methyl sites for hydroxylation is 1. The highest BCUT2D eigenvalue weighted by atomic mass is 19.1. The third-order valence-electron chi connectivity index (χ3n) is 8.93. The third kappa shape index (κ3) is 4.88. The summed E-state index contributed by atoms with van der Waals surface area (Å²) in [5.74, 6) is 0.916. The molecule has 0 unspecified atom stereocenters. The van der Waals surface area contributed by atoms with Crippen LogP contribution in [0.5, 0.6) is 11.6 Å². The summed E-state index contributed by atoms with van der Waals surface area (Å²) in [6.07, 6.45) is 9.83. The minimum atomic E-state index is -0.461. The molecule has 2 saturated carbocycles. The van der Waals surface area contributed by atoms with Gasteiger partial charge >= 0.3 is 0 Å². The topological polar surface area (TPSA) is 101 Å². The molecule has 1 spiro atoms. The van der Waals surface area contributed by atoms with E-state index in [1.807, 2.05) is 37.3 Å². The fourth-order valence-corrected chi connectivity index (χ4v) is 6.33. The number of carbonyl (C=O) groups is 1. The summed E-state index contributed by atoms with van der Waals surface area (Å²) in [6, 6.07) is 12.7. The lowest BCUT2D eigenvalue weighted by Crippen LogP contribution is -2.38. The Labute approximate surface area is 238 Å². The van der Waals surface area contributed by atoms with E-state index in [0.717, 1.165) is 50.8 Å². The lowest BCUT2D eigenvalue weighted by molar-refractivity contribution is -0.118. The molecule has 1 saturated heterocycles. The van der Waals surface area contributed by atoms with Gasteiger partial charge in [0, 0.05) is 41.7 Å². The molecule has 2 atom stereocenters. The molecule has 0 bridgehead atoms. The molecule has 3 N–H and O–H groups in total. The Bertz CT molecular complexity index is 1630. The van der Waals surface area contributed by atoms with Crippen LogP contribution in [0.2, 0.25) is 0 Å². The number of nitrogens with zero attached hydrogens (tertiary/aromatic N) is 3. The number of amides is 1. The van der Waals surface area contributed by atoms with Gasteiger partial charge in [-0.1, -0.05) is 18.6 Å². The summed E-state index contributed by atoms with van der Waals surface area (Å²) >= 11 is 0. The number of fused-ring (bicyclic) bond motifs is 1. The van der Waals surface area contributed by atoms with Crippen LogP contribution >= 0.6 is 0 Å². The summed E-state index contributed by atoms with van der Waals surface area (Å²) in [4.78, 5) is 26.8. The van der Waals surface area contributed by atoms with Gasteiger partial charge in [-0.2, -0.15) is 0 Å². The van der Waals surface area contributed by atoms with Crippen molar-refractivity contribution in [1.29, 1.82) is 0 Å². The van der Waals surface area contributed by atoms with Gasteiger partial charge in [0.2, 0.25) is 17.7 Å². The molecule has 41 heavy (non-hydrogen) atoms. The molecule has 210 valence electrons. The van der Waals surface area contributed by atoms with E-state index in [4.69, 9.17) is 9.72 Å². The predicted molar refractivity (Wildman–Crippen MR) is 157 cm³/mol. The number of hydrogen-bond donors (Lipinski definition) is 3. The number of benzene rings is 2. The number of halogens is 1. The maximum Gasteiger partial charge on any atom is 0.228 e. The number of anilines is 2. The summed E-state index contributed by atoms with van der Waals surface area (Å²) in [5.41, 5.74) is 2.62. The van der Waals surface area contributed by atoms with E-state index >= 15 is 4.39 Å². The van der Waals surface area contributed by atoms with Crippen LogP contribution in [0.25, 0.3) is 22.0 Å². The zero-order valence-corrected chi connectivity index (χ0v) is 23.0. The van der Waals surface area contributed by atoms with Crippen LogP contribution in [-0.2, 0) is 4.79 Å². The fraction of sp³-hybridized carbons (Fsp3) is 0.375. The lowest BCUT2D eigenvalue weighted by atomic mass is 9.79. The molecule has 0 radical (unpaired) electrons. The highest BCUT2D eigenvalue weighted by Gasteiger charge is 2.60. The van der Waals surface area contributed by atoms with Gasteiger partial charge in [-0.05, 0) is 86.9 Å². The Kier molecular flexibility index (Phi) is 6.54. The number of aromatic nitrogens is 3. The van der Waals surface area contributed by atoms with Crippen molar-refractivity contribution in [2.24, 2.45) is 11.3 Å². The first kappa shape index (κ1) is 25.8. The van der Waals surface area contributed by atoms with Crippen LogP contribution in [0.1, 0.15) is 44.1 Å². The third-order valence-corrected chi connectivity index (χ3v) is 8.93. The Morgan fingerprint density at radius 3 is 2.73 bits per heavy atom. The molecule has 2 aromatic carbocycles. The summed E-state index contributed by atoms with van der Waals surface area (Å²) in [7, 11) is 0. The zero-order chi connectivity index (χ0) is 28.0. The summed E-state index contributed by atoms with van der Waals surface area (Å²) in [5, 5.41) is 11.0. The monoisotopic (exact) mass is 552 g/mol. The Morgan fingerprint density at radius 1 is 1.07 bits per heavy atom. The molecule has 1 aliphatic heterocycles. The van der Waals surface area contributed by atoms with Crippen molar-refractivity contribution in [2.45, 2.75) is 51.5 Å². The summed E-state index contributed by atoms with van der Waals surface area (Å²) < 4.78 is 21.6. The number of nitrogens with one attached hydrogen (secondary N) is 3. The van der Waals surface area contributed by atoms with E-state index in [1.54, 1.807) is 18.5 Å². The molecular weight excluding hydrogens is 519 g/mol. The van der Waals surface area contributed by atoms with Gasteiger partial charge in [0.05, 0.1) is 16.9 Å². The van der Waals surface area contributed by atoms with E-state index in [9.17, 15) is 4.79 Å². The van der Waals surface area contributed by atoms with Crippen molar-refractivity contribution in [3.8, 4) is 22.9 Å². The van der Waals surface area contributed by atoms with Gasteiger partial charge in [-0.25, -0.2) is 19.3 Å². The van der Waals surface area contributed by atoms with Crippen LogP contribution < -0.4 is 20.7 Å². The molecule has 3 fully saturated rings. The van der Waals surface area contributed by atoms with E-state index in [0.29, 0.717) is 39.6 Å². The molecule has 3 heterocycles. The lowest BCUT2D eigenvalue weighted by Gasteiger charge is -2.26. The number of pyridine rings is 1. The van der Waals surface area contributed by atoms with Crippen molar-refractivity contribution >= 4 is 28.3 Å². The maximum atomic E-state index is 15.1. The Morgan fingerprint density at radius 2 is 1.95 bits per heavy atom. The molecule has 2 aliphatic carbocycles. The number of piperidine rings is 1. The Hall–Kier alpha value is -4.11. The van der Waals surface area contributed by atoms with E-state index < -0.39 is 5.82 Å². The first-order valence-corrected chi connectivity index (χ1v) is 14.5. The SMILES string of the molecule is Cc1ccc2c(NC(=O)[C@@H]3CC34CCC4)c(F)ccc2c1Oc1ncccc1-c1ccnc(N[C@H]2CCCNC2)n1. The number of carbonyl (C=O) groups excluding carboxylic acids is 1. The van der Waals surface area contributed by atoms with Crippen molar-refractivity contribution in [3.05, 3.63) is 66.2 Å². The van der Waals surface area contributed by atoms with Gasteiger partial charge in [-0.3, -0.25) is 4.79 Å². The first-order valence-electron chi connectivity index (χ1n) is 14.5. The minimum absolute atomic E-state index is 0.0234. The maximum absolute atomic E-state index is 15.1. The molecule has 2 aromatic heterocycles.